The Labute approximate surface area is 244 Å². The van der Waals surface area contributed by atoms with Crippen LogP contribution in [0.3, 0.4) is 0 Å². The molecule has 2 aromatic heterocycles. The summed E-state index contributed by atoms with van der Waals surface area (Å²) in [6.07, 6.45) is 3.04. The summed E-state index contributed by atoms with van der Waals surface area (Å²) in [5, 5.41) is 11.9. The third kappa shape index (κ3) is 4.56. The summed E-state index contributed by atoms with van der Waals surface area (Å²) in [5.41, 5.74) is 5.89. The average molecular weight is 587 g/mol. The number of para-hydroxylation sites is 1. The van der Waals surface area contributed by atoms with E-state index >= 15 is 4.39 Å². The Kier molecular flexibility index (Phi) is 7.04. The van der Waals surface area contributed by atoms with Gasteiger partial charge >= 0.3 is 5.69 Å². The van der Waals surface area contributed by atoms with Gasteiger partial charge in [0.2, 0.25) is 0 Å². The molecular formula is C32H28ClFN4O4. The molecule has 0 bridgehead atoms. The van der Waals surface area contributed by atoms with Gasteiger partial charge in [0, 0.05) is 27.5 Å². The van der Waals surface area contributed by atoms with E-state index in [-0.39, 0.29) is 32.7 Å². The fraction of sp³-hybridized carbons (Fsp3) is 0.156. The van der Waals surface area contributed by atoms with E-state index < -0.39 is 28.6 Å². The molecule has 0 saturated heterocycles. The molecule has 0 radical (unpaired) electrons. The van der Waals surface area contributed by atoms with Gasteiger partial charge in [0.05, 0.1) is 32.6 Å². The number of fused-ring (bicyclic) bond motifs is 4. The Hall–Kier alpha value is -4.73. The quantitative estimate of drug-likeness (QED) is 0.183. The number of hydrogen-bond donors (Lipinski definition) is 4. The zero-order chi connectivity index (χ0) is 30.7. The number of nitrogens with two attached hydrogens (primary N) is 1. The first-order chi connectivity index (χ1) is 19.8. The van der Waals surface area contributed by atoms with E-state index in [4.69, 9.17) is 17.3 Å². The van der Waals surface area contributed by atoms with E-state index in [2.05, 4.69) is 16.5 Å². The van der Waals surface area contributed by atoms with Crippen molar-refractivity contribution < 1.29 is 14.3 Å². The highest BCUT2D eigenvalue weighted by Crippen LogP contribution is 2.40. The lowest BCUT2D eigenvalue weighted by atomic mass is 9.90. The van der Waals surface area contributed by atoms with E-state index in [1.54, 1.807) is 70.2 Å². The monoisotopic (exact) mass is 586 g/mol. The van der Waals surface area contributed by atoms with Crippen LogP contribution in [0.1, 0.15) is 49.2 Å². The van der Waals surface area contributed by atoms with Crippen LogP contribution in [0.25, 0.3) is 44.0 Å². The van der Waals surface area contributed by atoms with Crippen LogP contribution in [0.2, 0.25) is 5.02 Å². The Balaban J connectivity index is 1.87. The summed E-state index contributed by atoms with van der Waals surface area (Å²) in [6.45, 7) is 10.3. The number of allylic oxidation sites excluding steroid dienone is 5. The third-order valence-electron chi connectivity index (χ3n) is 7.52. The van der Waals surface area contributed by atoms with E-state index in [0.29, 0.717) is 38.5 Å². The van der Waals surface area contributed by atoms with Crippen molar-refractivity contribution in [1.82, 2.24) is 14.5 Å². The number of nitrogens with zero attached hydrogens (tertiary/aromatic N) is 1. The molecule has 0 saturated carbocycles. The summed E-state index contributed by atoms with van der Waals surface area (Å²) < 4.78 is 17.1. The predicted molar refractivity (Wildman–Crippen MR) is 166 cm³/mol. The third-order valence-corrected chi connectivity index (χ3v) is 7.83. The minimum atomic E-state index is -1.15. The van der Waals surface area contributed by atoms with Crippen molar-refractivity contribution in [3.63, 3.8) is 0 Å². The van der Waals surface area contributed by atoms with Gasteiger partial charge in [-0.25, -0.2) is 13.8 Å². The van der Waals surface area contributed by atoms with E-state index in [1.807, 2.05) is 0 Å². The predicted octanol–water partition coefficient (Wildman–Crippen LogP) is 5.96. The lowest BCUT2D eigenvalue weighted by Gasteiger charge is -2.18. The second-order valence-electron chi connectivity index (χ2n) is 10.6. The number of halogens is 2. The van der Waals surface area contributed by atoms with Crippen LogP contribution < -0.4 is 17.0 Å². The first-order valence-corrected chi connectivity index (χ1v) is 13.4. The maximum Gasteiger partial charge on any atom is 0.333 e. The number of nitrogens with one attached hydrogen (secondary N) is 2. The van der Waals surface area contributed by atoms with Crippen LogP contribution in [0.15, 0.2) is 76.4 Å². The first-order valence-electron chi connectivity index (χ1n) is 13.0. The van der Waals surface area contributed by atoms with Crippen LogP contribution in [-0.2, 0) is 5.60 Å². The number of benzene rings is 3. The normalized spacial score (nSPS) is 13.2. The minimum Gasteiger partial charge on any atom is -0.386 e. The Morgan fingerprint density at radius 1 is 1.10 bits per heavy atom. The average Bonchev–Trinajstić information content (AvgIpc) is 3.30. The lowest BCUT2D eigenvalue weighted by molar-refractivity contribution is 0.0787. The number of hydrogen-bond acceptors (Lipinski definition) is 4. The number of aliphatic hydroxyl groups is 1. The van der Waals surface area contributed by atoms with Crippen molar-refractivity contribution in [3.05, 3.63) is 115 Å². The summed E-state index contributed by atoms with van der Waals surface area (Å²) in [5.74, 6) is -1.57. The highest BCUT2D eigenvalue weighted by Gasteiger charge is 2.25. The second kappa shape index (κ2) is 10.3. The van der Waals surface area contributed by atoms with Gasteiger partial charge in [0.25, 0.3) is 11.5 Å². The van der Waals surface area contributed by atoms with Crippen LogP contribution in [0.4, 0.5) is 4.39 Å². The molecule has 3 aromatic carbocycles. The number of aromatic nitrogens is 3. The van der Waals surface area contributed by atoms with Crippen molar-refractivity contribution in [2.75, 3.05) is 0 Å². The second-order valence-corrected chi connectivity index (χ2v) is 11.0. The number of carbonyl (C=O) groups is 1. The number of H-pyrrole nitrogens is 2. The highest BCUT2D eigenvalue weighted by atomic mass is 35.5. The standard InChI is InChI=1S/C32H28ClFN4O4/c1-6-8-18(15(2)16(3)38-30(40)20-9-7-10-22(33)27(20)37-31(38)41)25-23(34)14-21(29(35)39)28-26(25)19-12-11-17(32(4,5)42)13-24(19)36-28/h6-14,36,42H,1H2,2-5H3,(H2,35,39)(H,37,41)/b16-15+,18-8+. The number of primary amides is 1. The van der Waals surface area contributed by atoms with Crippen molar-refractivity contribution in [3.8, 4) is 0 Å². The SMILES string of the molecule is C=C/C=C(\C(C)=C(/C)n1c(=O)[nH]c2c(Cl)cccc2c1=O)c1c(F)cc(C(N)=O)c2[nH]c3cc(C(C)(C)O)ccc3c12. The molecule has 0 spiro atoms. The van der Waals surface area contributed by atoms with E-state index in [0.717, 1.165) is 10.6 Å². The number of aromatic amines is 2. The topological polar surface area (TPSA) is 134 Å². The maximum absolute atomic E-state index is 16.1. The molecule has 214 valence electrons. The molecule has 5 aromatic rings. The number of rotatable bonds is 6. The molecule has 5 N–H and O–H groups in total. The van der Waals surface area contributed by atoms with Crippen molar-refractivity contribution >= 4 is 61.5 Å². The minimum absolute atomic E-state index is 0.0531. The van der Waals surface area contributed by atoms with Gasteiger partial charge in [0.1, 0.15) is 5.82 Å². The highest BCUT2D eigenvalue weighted by molar-refractivity contribution is 6.35. The molecule has 8 nitrogen and oxygen atoms in total. The largest absolute Gasteiger partial charge is 0.386 e. The van der Waals surface area contributed by atoms with Gasteiger partial charge in [-0.05, 0) is 68.7 Å². The lowest BCUT2D eigenvalue weighted by Crippen LogP contribution is -2.34. The molecule has 0 aliphatic heterocycles. The Morgan fingerprint density at radius 3 is 2.45 bits per heavy atom. The Morgan fingerprint density at radius 2 is 1.81 bits per heavy atom. The van der Waals surface area contributed by atoms with Crippen LogP contribution in [0, 0.1) is 5.82 Å². The van der Waals surface area contributed by atoms with Crippen molar-refractivity contribution in [2.45, 2.75) is 33.3 Å². The smallest absolute Gasteiger partial charge is 0.333 e. The zero-order valence-electron chi connectivity index (χ0n) is 23.4. The van der Waals surface area contributed by atoms with Gasteiger partial charge in [-0.3, -0.25) is 9.59 Å². The van der Waals surface area contributed by atoms with Gasteiger partial charge in [-0.2, -0.15) is 0 Å². The fourth-order valence-corrected chi connectivity index (χ4v) is 5.50. The zero-order valence-corrected chi connectivity index (χ0v) is 24.1. The maximum atomic E-state index is 16.1. The molecule has 42 heavy (non-hydrogen) atoms. The molecular weight excluding hydrogens is 559 g/mol. The number of carbonyl (C=O) groups excluding carboxylic acids is 1. The van der Waals surface area contributed by atoms with Crippen molar-refractivity contribution in [1.29, 1.82) is 0 Å². The van der Waals surface area contributed by atoms with Crippen LogP contribution in [0.5, 0.6) is 0 Å². The molecule has 0 fully saturated rings. The summed E-state index contributed by atoms with van der Waals surface area (Å²) >= 11 is 6.20. The Bertz CT molecular complexity index is 2160. The molecule has 10 heteroatoms. The van der Waals surface area contributed by atoms with E-state index in [1.165, 1.54) is 6.08 Å². The van der Waals surface area contributed by atoms with Gasteiger partial charge in [0.15, 0.2) is 0 Å². The fourth-order valence-electron chi connectivity index (χ4n) is 5.27. The number of amides is 1. The van der Waals surface area contributed by atoms with E-state index in [9.17, 15) is 19.5 Å². The molecule has 0 aliphatic carbocycles. The summed E-state index contributed by atoms with van der Waals surface area (Å²) in [6, 6.07) is 11.0. The summed E-state index contributed by atoms with van der Waals surface area (Å²) in [4.78, 5) is 44.8. The van der Waals surface area contributed by atoms with Crippen molar-refractivity contribution in [2.24, 2.45) is 5.73 Å². The molecule has 2 heterocycles. The molecule has 0 unspecified atom stereocenters. The van der Waals surface area contributed by atoms with Gasteiger partial charge < -0.3 is 20.8 Å². The first kappa shape index (κ1) is 28.8. The molecule has 0 aliphatic rings. The van der Waals surface area contributed by atoms with Crippen LogP contribution in [-0.4, -0.2) is 25.5 Å². The molecule has 5 rings (SSSR count). The summed E-state index contributed by atoms with van der Waals surface area (Å²) in [7, 11) is 0. The molecule has 0 atom stereocenters. The van der Waals surface area contributed by atoms with Gasteiger partial charge in [-0.1, -0.05) is 48.5 Å². The van der Waals surface area contributed by atoms with Gasteiger partial charge in [-0.15, -0.1) is 0 Å². The van der Waals surface area contributed by atoms with Crippen LogP contribution >= 0.6 is 11.6 Å². The molecule has 1 amide bonds.